The molecule has 0 spiro atoms. The number of aliphatic hydroxyl groups excluding tert-OH is 1. The largest absolute Gasteiger partial charge is 0.393 e. The third kappa shape index (κ3) is 11.1. The van der Waals surface area contributed by atoms with Crippen LogP contribution >= 0.6 is 0 Å². The fourth-order valence-electron chi connectivity index (χ4n) is 7.83. The predicted octanol–water partition coefficient (Wildman–Crippen LogP) is 10.3. The molecule has 38 heavy (non-hydrogen) atoms. The lowest BCUT2D eigenvalue weighted by molar-refractivity contribution is -0.127. The number of aliphatic hydroxyl groups is 1. The second-order valence-electron chi connectivity index (χ2n) is 13.1. The zero-order valence-electron chi connectivity index (χ0n) is 24.9. The number of fused-ring (bicyclic) bond motifs is 1. The number of hydrogen-bond donors (Lipinski definition) is 1. The summed E-state index contributed by atoms with van der Waals surface area (Å²) in [7, 11) is 0. The van der Waals surface area contributed by atoms with Crippen molar-refractivity contribution in [1.29, 1.82) is 0 Å². The summed E-state index contributed by atoms with van der Waals surface area (Å²) in [5, 5.41) is 11.2. The highest BCUT2D eigenvalue weighted by atomic mass is 16.3. The average molecular weight is 525 g/mol. The van der Waals surface area contributed by atoms with E-state index >= 15 is 0 Å². The first-order valence-electron chi connectivity index (χ1n) is 16.7. The zero-order valence-corrected chi connectivity index (χ0v) is 24.9. The van der Waals surface area contributed by atoms with Gasteiger partial charge in [0.15, 0.2) is 0 Å². The molecule has 3 aliphatic rings. The first kappa shape index (κ1) is 31.4. The molecule has 0 amide bonds. The predicted molar refractivity (Wildman–Crippen MR) is 163 cm³/mol. The van der Waals surface area contributed by atoms with Crippen molar-refractivity contribution in [1.82, 2.24) is 0 Å². The Morgan fingerprint density at radius 2 is 1.76 bits per heavy atom. The minimum Gasteiger partial charge on any atom is -0.393 e. The maximum Gasteiger partial charge on any atom is 0.136 e. The second kappa shape index (κ2) is 18.2. The lowest BCUT2D eigenvalue weighted by Gasteiger charge is -2.40. The normalized spacial score (nSPS) is 27.2. The van der Waals surface area contributed by atoms with Crippen molar-refractivity contribution >= 4 is 5.78 Å². The van der Waals surface area contributed by atoms with Crippen molar-refractivity contribution in [2.75, 3.05) is 0 Å². The maximum atomic E-state index is 13.2. The van der Waals surface area contributed by atoms with Gasteiger partial charge in [0.05, 0.1) is 6.10 Å². The molecule has 0 radical (unpaired) electrons. The van der Waals surface area contributed by atoms with Gasteiger partial charge in [-0.1, -0.05) is 81.4 Å². The van der Waals surface area contributed by atoms with Crippen molar-refractivity contribution in [3.63, 3.8) is 0 Å². The van der Waals surface area contributed by atoms with E-state index in [-0.39, 0.29) is 6.10 Å². The van der Waals surface area contributed by atoms with E-state index < -0.39 is 0 Å². The zero-order chi connectivity index (χ0) is 27.0. The van der Waals surface area contributed by atoms with Crippen LogP contribution in [0.25, 0.3) is 0 Å². The Balaban J connectivity index is 1.41. The Hall–Kier alpha value is -1.15. The van der Waals surface area contributed by atoms with Gasteiger partial charge >= 0.3 is 0 Å². The molecule has 2 saturated carbocycles. The molecule has 0 aromatic carbocycles. The van der Waals surface area contributed by atoms with E-state index in [1.54, 1.807) is 0 Å². The molecule has 2 fully saturated rings. The SMILES string of the molecule is C=C(CCC1CC=CCC1)CCC(CCCCCC=CC)C(O)CCCC(=O)C1CCCC2CCCCC21. The summed E-state index contributed by atoms with van der Waals surface area (Å²) in [5.41, 5.74) is 1.37. The fourth-order valence-corrected chi connectivity index (χ4v) is 7.83. The summed E-state index contributed by atoms with van der Waals surface area (Å²) in [4.78, 5) is 13.2. The number of ketones is 1. The van der Waals surface area contributed by atoms with E-state index in [2.05, 4.69) is 37.8 Å². The minimum atomic E-state index is -0.275. The number of carbonyl (C=O) groups is 1. The summed E-state index contributed by atoms with van der Waals surface area (Å²) in [6.07, 6.45) is 34.5. The van der Waals surface area contributed by atoms with Crippen LogP contribution < -0.4 is 0 Å². The topological polar surface area (TPSA) is 37.3 Å². The monoisotopic (exact) mass is 524 g/mol. The van der Waals surface area contributed by atoms with Gasteiger partial charge in [-0.25, -0.2) is 0 Å². The molecule has 2 heteroatoms. The Morgan fingerprint density at radius 3 is 2.58 bits per heavy atom. The van der Waals surface area contributed by atoms with Gasteiger partial charge < -0.3 is 5.11 Å². The van der Waals surface area contributed by atoms with Crippen molar-refractivity contribution in [2.24, 2.45) is 29.6 Å². The highest BCUT2D eigenvalue weighted by molar-refractivity contribution is 5.81. The second-order valence-corrected chi connectivity index (χ2v) is 13.1. The van der Waals surface area contributed by atoms with Crippen molar-refractivity contribution in [3.05, 3.63) is 36.5 Å². The lowest BCUT2D eigenvalue weighted by atomic mass is 9.64. The van der Waals surface area contributed by atoms with Gasteiger partial charge in [-0.05, 0) is 120 Å². The molecular formula is C36H60O2. The van der Waals surface area contributed by atoms with Gasteiger partial charge in [-0.15, -0.1) is 0 Å². The Labute approximate surface area is 235 Å². The summed E-state index contributed by atoms with van der Waals surface area (Å²) in [5.74, 6) is 3.50. The first-order valence-corrected chi connectivity index (χ1v) is 16.7. The molecule has 0 saturated heterocycles. The number of carbonyl (C=O) groups excluding carboxylic acids is 1. The van der Waals surface area contributed by atoms with Crippen LogP contribution in [0.4, 0.5) is 0 Å². The summed E-state index contributed by atoms with van der Waals surface area (Å²) < 4.78 is 0. The molecule has 0 bridgehead atoms. The highest BCUT2D eigenvalue weighted by Gasteiger charge is 2.38. The van der Waals surface area contributed by atoms with Crippen LogP contribution in [0.1, 0.15) is 148 Å². The average Bonchev–Trinajstić information content (AvgIpc) is 2.95. The molecule has 216 valence electrons. The summed E-state index contributed by atoms with van der Waals surface area (Å²) in [6.45, 7) is 6.51. The van der Waals surface area contributed by atoms with Crippen LogP contribution in [0.5, 0.6) is 0 Å². The Morgan fingerprint density at radius 1 is 0.921 bits per heavy atom. The van der Waals surface area contributed by atoms with Gasteiger partial charge in [-0.2, -0.15) is 0 Å². The summed E-state index contributed by atoms with van der Waals surface area (Å²) >= 11 is 0. The molecule has 0 heterocycles. The molecule has 6 atom stereocenters. The quantitative estimate of drug-likeness (QED) is 0.143. The van der Waals surface area contributed by atoms with Gasteiger partial charge in [0.2, 0.25) is 0 Å². The standard InChI is InChI=1S/C36H60O2/c1-3-4-5-6-7-11-19-32(28-26-29(2)25-27-30-16-9-8-10-17-30)35(37)23-15-24-36(38)34-22-14-20-31-18-12-13-21-33(31)34/h3-4,8-9,30-35,37H,2,5-7,10-28H2,1H3. The number of rotatable bonds is 18. The molecular weight excluding hydrogens is 464 g/mol. The van der Waals surface area contributed by atoms with E-state index in [0.29, 0.717) is 30.0 Å². The molecule has 1 N–H and O–H groups in total. The van der Waals surface area contributed by atoms with E-state index in [0.717, 1.165) is 56.8 Å². The first-order chi connectivity index (χ1) is 18.6. The van der Waals surface area contributed by atoms with Crippen LogP contribution in [-0.4, -0.2) is 17.0 Å². The van der Waals surface area contributed by atoms with Crippen molar-refractivity contribution < 1.29 is 9.90 Å². The number of hydrogen-bond acceptors (Lipinski definition) is 2. The van der Waals surface area contributed by atoms with Crippen LogP contribution in [0.3, 0.4) is 0 Å². The molecule has 3 rings (SSSR count). The molecule has 0 aromatic heterocycles. The number of allylic oxidation sites excluding steroid dienone is 5. The van der Waals surface area contributed by atoms with E-state index in [4.69, 9.17) is 0 Å². The van der Waals surface area contributed by atoms with Gasteiger partial charge in [0, 0.05) is 12.3 Å². The number of Topliss-reactive ketones (excluding diaryl/α,β-unsaturated/α-hetero) is 1. The van der Waals surface area contributed by atoms with Gasteiger partial charge in [0.1, 0.15) is 5.78 Å². The van der Waals surface area contributed by atoms with Crippen LogP contribution in [-0.2, 0) is 4.79 Å². The highest BCUT2D eigenvalue weighted by Crippen LogP contribution is 2.44. The van der Waals surface area contributed by atoms with Crippen LogP contribution in [0, 0.1) is 29.6 Å². The fraction of sp³-hybridized carbons (Fsp3) is 0.806. The minimum absolute atomic E-state index is 0.275. The lowest BCUT2D eigenvalue weighted by Crippen LogP contribution is -2.35. The Bertz CT molecular complexity index is 732. The van der Waals surface area contributed by atoms with E-state index in [1.807, 2.05) is 0 Å². The van der Waals surface area contributed by atoms with Gasteiger partial charge in [-0.3, -0.25) is 4.79 Å². The van der Waals surface area contributed by atoms with E-state index in [1.165, 1.54) is 95.5 Å². The Kier molecular flexibility index (Phi) is 15.1. The summed E-state index contributed by atoms with van der Waals surface area (Å²) in [6, 6.07) is 0. The molecule has 3 aliphatic carbocycles. The smallest absolute Gasteiger partial charge is 0.136 e. The molecule has 2 nitrogen and oxygen atoms in total. The number of unbranched alkanes of at least 4 members (excludes halogenated alkanes) is 3. The maximum absolute atomic E-state index is 13.2. The van der Waals surface area contributed by atoms with E-state index in [9.17, 15) is 9.90 Å². The van der Waals surface area contributed by atoms with Crippen LogP contribution in [0.15, 0.2) is 36.5 Å². The van der Waals surface area contributed by atoms with Crippen LogP contribution in [0.2, 0.25) is 0 Å². The van der Waals surface area contributed by atoms with Crippen molar-refractivity contribution in [2.45, 2.75) is 154 Å². The van der Waals surface area contributed by atoms with Crippen molar-refractivity contribution in [3.8, 4) is 0 Å². The molecule has 0 aliphatic heterocycles. The van der Waals surface area contributed by atoms with Gasteiger partial charge in [0.25, 0.3) is 0 Å². The molecule has 6 unspecified atom stereocenters. The molecule has 0 aromatic rings. The third-order valence-electron chi connectivity index (χ3n) is 10.3. The third-order valence-corrected chi connectivity index (χ3v) is 10.3.